The average molecular weight is 300 g/mol. The average Bonchev–Trinajstić information content (AvgIpc) is 3.03. The Morgan fingerprint density at radius 2 is 2.19 bits per heavy atom. The van der Waals surface area contributed by atoms with E-state index < -0.39 is 0 Å². The summed E-state index contributed by atoms with van der Waals surface area (Å²) in [5.74, 6) is -0.0578. The minimum Gasteiger partial charge on any atom is -0.397 e. The van der Waals surface area contributed by atoms with Gasteiger partial charge in [0.2, 0.25) is 0 Å². The number of carbonyl (C=O) groups is 1. The molecule has 1 aromatic carbocycles. The summed E-state index contributed by atoms with van der Waals surface area (Å²) in [5.41, 5.74) is 7.68. The molecular formula is C15H16N4OS. The van der Waals surface area contributed by atoms with Crippen LogP contribution in [-0.4, -0.2) is 27.6 Å². The largest absolute Gasteiger partial charge is 0.397 e. The standard InChI is InChI=1S/C15H16N4OS/c1-18(8-10-7-17-19(2)9-10)15(20)14-13(16)11-5-3-4-6-12(11)21-14/h3-7,9H,8,16H2,1-2H3. The number of aromatic nitrogens is 2. The number of anilines is 1. The molecule has 0 radical (unpaired) electrons. The van der Waals surface area contributed by atoms with Crippen LogP contribution in [0.1, 0.15) is 15.2 Å². The number of hydrogen-bond acceptors (Lipinski definition) is 4. The normalized spacial score (nSPS) is 11.0. The highest BCUT2D eigenvalue weighted by atomic mass is 32.1. The van der Waals surface area contributed by atoms with E-state index in [1.54, 1.807) is 22.8 Å². The lowest BCUT2D eigenvalue weighted by molar-refractivity contribution is 0.0791. The molecule has 3 rings (SSSR count). The Hall–Kier alpha value is -2.34. The molecule has 0 unspecified atom stereocenters. The molecule has 5 nitrogen and oxygen atoms in total. The molecule has 0 aliphatic rings. The summed E-state index contributed by atoms with van der Waals surface area (Å²) in [7, 11) is 3.63. The summed E-state index contributed by atoms with van der Waals surface area (Å²) in [6.45, 7) is 0.514. The first kappa shape index (κ1) is 13.6. The molecule has 0 aliphatic heterocycles. The van der Waals surface area contributed by atoms with Gasteiger partial charge in [0.1, 0.15) is 4.88 Å². The molecule has 2 aromatic heterocycles. The van der Waals surface area contributed by atoms with Crippen molar-refractivity contribution in [2.75, 3.05) is 12.8 Å². The van der Waals surface area contributed by atoms with Crippen molar-refractivity contribution in [1.82, 2.24) is 14.7 Å². The SMILES string of the molecule is CN(Cc1cnn(C)c1)C(=O)c1sc2ccccc2c1N. The van der Waals surface area contributed by atoms with Crippen LogP contribution < -0.4 is 5.73 Å². The van der Waals surface area contributed by atoms with Crippen LogP contribution in [0.2, 0.25) is 0 Å². The predicted octanol–water partition coefficient (Wildman–Crippen LogP) is 2.49. The summed E-state index contributed by atoms with van der Waals surface area (Å²) in [4.78, 5) is 14.8. The molecule has 108 valence electrons. The van der Waals surface area contributed by atoms with Gasteiger partial charge in [0, 0.05) is 42.5 Å². The molecule has 21 heavy (non-hydrogen) atoms. The first-order valence-corrected chi connectivity index (χ1v) is 7.38. The number of amides is 1. The second-order valence-electron chi connectivity index (χ2n) is 5.02. The van der Waals surface area contributed by atoms with Crippen LogP contribution in [0.3, 0.4) is 0 Å². The van der Waals surface area contributed by atoms with Crippen molar-refractivity contribution in [3.63, 3.8) is 0 Å². The molecule has 6 heteroatoms. The van der Waals surface area contributed by atoms with Gasteiger partial charge in [0.25, 0.3) is 5.91 Å². The van der Waals surface area contributed by atoms with Crippen molar-refractivity contribution in [3.8, 4) is 0 Å². The van der Waals surface area contributed by atoms with Gasteiger partial charge in [-0.05, 0) is 6.07 Å². The summed E-state index contributed by atoms with van der Waals surface area (Å²) in [6, 6.07) is 7.80. The number of carbonyl (C=O) groups excluding carboxylic acids is 1. The third-order valence-electron chi connectivity index (χ3n) is 3.35. The molecule has 0 saturated heterocycles. The molecule has 1 amide bonds. The van der Waals surface area contributed by atoms with Crippen LogP contribution in [0.25, 0.3) is 10.1 Å². The molecule has 0 fully saturated rings. The van der Waals surface area contributed by atoms with E-state index in [1.165, 1.54) is 11.3 Å². The smallest absolute Gasteiger partial charge is 0.266 e. The zero-order valence-electron chi connectivity index (χ0n) is 11.9. The van der Waals surface area contributed by atoms with E-state index >= 15 is 0 Å². The minimum atomic E-state index is -0.0578. The number of nitrogens with zero attached hydrogens (tertiary/aromatic N) is 3. The maximum Gasteiger partial charge on any atom is 0.266 e. The Bertz CT molecular complexity index is 805. The van der Waals surface area contributed by atoms with E-state index in [-0.39, 0.29) is 5.91 Å². The van der Waals surface area contributed by atoms with Gasteiger partial charge in [-0.1, -0.05) is 18.2 Å². The fourth-order valence-electron chi connectivity index (χ4n) is 2.30. The predicted molar refractivity (Wildman–Crippen MR) is 85.2 cm³/mol. The van der Waals surface area contributed by atoms with E-state index in [0.717, 1.165) is 15.6 Å². The molecule has 3 aromatic rings. The summed E-state index contributed by atoms with van der Waals surface area (Å²) in [6.07, 6.45) is 3.66. The van der Waals surface area contributed by atoms with E-state index in [0.29, 0.717) is 17.1 Å². The van der Waals surface area contributed by atoms with Crippen molar-refractivity contribution in [2.24, 2.45) is 7.05 Å². The van der Waals surface area contributed by atoms with Crippen LogP contribution >= 0.6 is 11.3 Å². The number of benzene rings is 1. The van der Waals surface area contributed by atoms with Crippen LogP contribution in [0.5, 0.6) is 0 Å². The van der Waals surface area contributed by atoms with Gasteiger partial charge in [-0.15, -0.1) is 11.3 Å². The fraction of sp³-hybridized carbons (Fsp3) is 0.200. The summed E-state index contributed by atoms with van der Waals surface area (Å²) >= 11 is 1.44. The number of thiophene rings is 1. The van der Waals surface area contributed by atoms with Gasteiger partial charge >= 0.3 is 0 Å². The number of aryl methyl sites for hydroxylation is 1. The number of nitrogen functional groups attached to an aromatic ring is 1. The highest BCUT2D eigenvalue weighted by molar-refractivity contribution is 7.21. The van der Waals surface area contributed by atoms with Gasteiger partial charge in [-0.25, -0.2) is 0 Å². The Kier molecular flexibility index (Phi) is 3.39. The molecule has 0 aliphatic carbocycles. The molecular weight excluding hydrogens is 284 g/mol. The zero-order chi connectivity index (χ0) is 15.0. The van der Waals surface area contributed by atoms with E-state index in [1.807, 2.05) is 37.5 Å². The minimum absolute atomic E-state index is 0.0578. The Morgan fingerprint density at radius 3 is 2.86 bits per heavy atom. The van der Waals surface area contributed by atoms with Gasteiger partial charge in [-0.3, -0.25) is 9.48 Å². The second-order valence-corrected chi connectivity index (χ2v) is 6.08. The second kappa shape index (κ2) is 5.21. The van der Waals surface area contributed by atoms with Gasteiger partial charge < -0.3 is 10.6 Å². The van der Waals surface area contributed by atoms with Gasteiger partial charge in [0.15, 0.2) is 0 Å². The van der Waals surface area contributed by atoms with E-state index in [9.17, 15) is 4.79 Å². The summed E-state index contributed by atoms with van der Waals surface area (Å²) < 4.78 is 2.76. The molecule has 0 saturated carbocycles. The lowest BCUT2D eigenvalue weighted by Gasteiger charge is -2.15. The van der Waals surface area contributed by atoms with Crippen molar-refractivity contribution in [2.45, 2.75) is 6.54 Å². The molecule has 0 atom stereocenters. The topological polar surface area (TPSA) is 64.2 Å². The van der Waals surface area contributed by atoms with Crippen LogP contribution in [0.4, 0.5) is 5.69 Å². The van der Waals surface area contributed by atoms with Crippen molar-refractivity contribution in [1.29, 1.82) is 0 Å². The van der Waals surface area contributed by atoms with Crippen molar-refractivity contribution < 1.29 is 4.79 Å². The molecule has 0 spiro atoms. The Morgan fingerprint density at radius 1 is 1.43 bits per heavy atom. The zero-order valence-corrected chi connectivity index (χ0v) is 12.7. The highest BCUT2D eigenvalue weighted by Crippen LogP contribution is 2.34. The highest BCUT2D eigenvalue weighted by Gasteiger charge is 2.19. The maximum atomic E-state index is 12.6. The monoisotopic (exact) mass is 300 g/mol. The van der Waals surface area contributed by atoms with E-state index in [4.69, 9.17) is 5.73 Å². The van der Waals surface area contributed by atoms with Crippen molar-refractivity contribution >= 4 is 33.0 Å². The van der Waals surface area contributed by atoms with Gasteiger partial charge in [-0.2, -0.15) is 5.10 Å². The Labute approximate surface area is 126 Å². The van der Waals surface area contributed by atoms with Crippen LogP contribution in [0, 0.1) is 0 Å². The first-order chi connectivity index (χ1) is 10.1. The van der Waals surface area contributed by atoms with Crippen molar-refractivity contribution in [3.05, 3.63) is 47.1 Å². The summed E-state index contributed by atoms with van der Waals surface area (Å²) in [5, 5.41) is 5.06. The Balaban J connectivity index is 1.87. The lowest BCUT2D eigenvalue weighted by Crippen LogP contribution is -2.25. The number of hydrogen-bond donors (Lipinski definition) is 1. The van der Waals surface area contributed by atoms with Gasteiger partial charge in [0.05, 0.1) is 11.9 Å². The van der Waals surface area contributed by atoms with Crippen LogP contribution in [0.15, 0.2) is 36.7 Å². The molecule has 0 bridgehead atoms. The quantitative estimate of drug-likeness (QED) is 0.808. The number of fused-ring (bicyclic) bond motifs is 1. The first-order valence-electron chi connectivity index (χ1n) is 6.56. The number of nitrogens with two attached hydrogens (primary N) is 1. The number of rotatable bonds is 3. The molecule has 2 N–H and O–H groups in total. The lowest BCUT2D eigenvalue weighted by atomic mass is 10.2. The maximum absolute atomic E-state index is 12.6. The third-order valence-corrected chi connectivity index (χ3v) is 4.53. The fourth-order valence-corrected chi connectivity index (χ4v) is 3.41. The van der Waals surface area contributed by atoms with E-state index in [2.05, 4.69) is 5.10 Å². The third kappa shape index (κ3) is 2.50. The molecule has 2 heterocycles. The van der Waals surface area contributed by atoms with Crippen LogP contribution in [-0.2, 0) is 13.6 Å².